The Morgan fingerprint density at radius 2 is 1.96 bits per heavy atom. The van der Waals surface area contributed by atoms with E-state index in [1.807, 2.05) is 18.2 Å². The Bertz CT molecular complexity index is 801. The number of hydrogen-bond acceptors (Lipinski definition) is 3. The van der Waals surface area contributed by atoms with Gasteiger partial charge in [0.05, 0.1) is 6.61 Å². The molecule has 2 aromatic carbocycles. The molecule has 0 atom stereocenters. The SMILES string of the molecule is CC(C)COc1cc(CCC(C)(C)N2Cc3cccc(F)c3C2)ccc1O. The molecule has 0 aliphatic carbocycles. The lowest BCUT2D eigenvalue weighted by atomic mass is 9.93. The molecule has 1 aliphatic heterocycles. The number of aromatic hydroxyl groups is 1. The van der Waals surface area contributed by atoms with Gasteiger partial charge in [0.2, 0.25) is 0 Å². The fraction of sp³-hybridized carbons (Fsp3) is 0.478. The zero-order chi connectivity index (χ0) is 19.6. The Labute approximate surface area is 161 Å². The summed E-state index contributed by atoms with van der Waals surface area (Å²) in [5, 5.41) is 10.0. The lowest BCUT2D eigenvalue weighted by Crippen LogP contribution is -2.40. The molecule has 0 spiro atoms. The van der Waals surface area contributed by atoms with Gasteiger partial charge in [-0.05, 0) is 61.9 Å². The number of phenols is 1. The fourth-order valence-corrected chi connectivity index (χ4v) is 3.50. The minimum absolute atomic E-state index is 0.0533. The maximum Gasteiger partial charge on any atom is 0.161 e. The minimum Gasteiger partial charge on any atom is -0.504 e. The van der Waals surface area contributed by atoms with Gasteiger partial charge in [0.15, 0.2) is 11.5 Å². The average Bonchev–Trinajstić information content (AvgIpc) is 3.06. The largest absolute Gasteiger partial charge is 0.504 e. The second-order valence-electron chi connectivity index (χ2n) is 8.55. The summed E-state index contributed by atoms with van der Waals surface area (Å²) in [7, 11) is 0. The second kappa shape index (κ2) is 7.89. The summed E-state index contributed by atoms with van der Waals surface area (Å²) in [6.07, 6.45) is 1.82. The van der Waals surface area contributed by atoms with Crippen molar-refractivity contribution < 1.29 is 14.2 Å². The maximum absolute atomic E-state index is 14.1. The molecule has 27 heavy (non-hydrogen) atoms. The fourth-order valence-electron chi connectivity index (χ4n) is 3.50. The molecule has 0 bridgehead atoms. The Morgan fingerprint density at radius 3 is 2.67 bits per heavy atom. The van der Waals surface area contributed by atoms with Crippen LogP contribution in [0.4, 0.5) is 4.39 Å². The number of hydrogen-bond donors (Lipinski definition) is 1. The smallest absolute Gasteiger partial charge is 0.161 e. The molecule has 3 nitrogen and oxygen atoms in total. The van der Waals surface area contributed by atoms with Crippen molar-refractivity contribution in [3.63, 3.8) is 0 Å². The van der Waals surface area contributed by atoms with E-state index < -0.39 is 0 Å². The van der Waals surface area contributed by atoms with E-state index in [1.54, 1.807) is 18.2 Å². The van der Waals surface area contributed by atoms with Gasteiger partial charge >= 0.3 is 0 Å². The molecular formula is C23H30FNO2. The van der Waals surface area contributed by atoms with Gasteiger partial charge < -0.3 is 9.84 Å². The van der Waals surface area contributed by atoms with Gasteiger partial charge in [0.1, 0.15) is 5.82 Å². The van der Waals surface area contributed by atoms with Crippen LogP contribution in [0.15, 0.2) is 36.4 Å². The van der Waals surface area contributed by atoms with Gasteiger partial charge in [0.25, 0.3) is 0 Å². The van der Waals surface area contributed by atoms with Crippen LogP contribution in [0, 0.1) is 11.7 Å². The molecule has 3 rings (SSSR count). The molecular weight excluding hydrogens is 341 g/mol. The second-order valence-corrected chi connectivity index (χ2v) is 8.55. The molecule has 0 amide bonds. The van der Waals surface area contributed by atoms with Crippen LogP contribution in [0.3, 0.4) is 0 Å². The third-order valence-electron chi connectivity index (χ3n) is 5.40. The number of halogens is 1. The molecule has 1 heterocycles. The molecule has 0 saturated heterocycles. The van der Waals surface area contributed by atoms with Gasteiger partial charge in [-0.3, -0.25) is 4.90 Å². The van der Waals surface area contributed by atoms with Crippen molar-refractivity contribution in [2.75, 3.05) is 6.61 Å². The van der Waals surface area contributed by atoms with E-state index in [-0.39, 0.29) is 17.1 Å². The van der Waals surface area contributed by atoms with E-state index in [2.05, 4.69) is 32.6 Å². The van der Waals surface area contributed by atoms with Gasteiger partial charge in [-0.15, -0.1) is 0 Å². The lowest BCUT2D eigenvalue weighted by Gasteiger charge is -2.35. The number of benzene rings is 2. The summed E-state index contributed by atoms with van der Waals surface area (Å²) in [6, 6.07) is 11.0. The van der Waals surface area contributed by atoms with E-state index >= 15 is 0 Å². The molecule has 2 aromatic rings. The normalized spacial score (nSPS) is 14.6. The molecule has 0 aromatic heterocycles. The van der Waals surface area contributed by atoms with Gasteiger partial charge in [0, 0.05) is 24.2 Å². The van der Waals surface area contributed by atoms with Crippen LogP contribution in [0.25, 0.3) is 0 Å². The number of aryl methyl sites for hydroxylation is 1. The molecule has 146 valence electrons. The molecule has 1 N–H and O–H groups in total. The minimum atomic E-state index is -0.101. The van der Waals surface area contributed by atoms with Crippen molar-refractivity contribution in [1.82, 2.24) is 4.90 Å². The third kappa shape index (κ3) is 4.62. The van der Waals surface area contributed by atoms with E-state index in [0.717, 1.165) is 36.1 Å². The van der Waals surface area contributed by atoms with Crippen LogP contribution in [0.1, 0.15) is 50.8 Å². The van der Waals surface area contributed by atoms with Gasteiger partial charge in [-0.1, -0.05) is 32.0 Å². The van der Waals surface area contributed by atoms with Crippen molar-refractivity contribution >= 4 is 0 Å². The average molecular weight is 371 g/mol. The Hall–Kier alpha value is -2.07. The molecule has 1 aliphatic rings. The standard InChI is InChI=1S/C23H30FNO2/c1-16(2)15-27-22-12-17(8-9-21(22)26)10-11-23(3,4)25-13-18-6-5-7-20(24)19(18)14-25/h5-9,12,16,26H,10-11,13-15H2,1-4H3. The van der Waals surface area contributed by atoms with Crippen LogP contribution in [-0.2, 0) is 19.5 Å². The number of fused-ring (bicyclic) bond motifs is 1. The lowest BCUT2D eigenvalue weighted by molar-refractivity contribution is 0.109. The van der Waals surface area contributed by atoms with E-state index in [9.17, 15) is 9.50 Å². The number of nitrogens with zero attached hydrogens (tertiary/aromatic N) is 1. The highest BCUT2D eigenvalue weighted by Gasteiger charge is 2.32. The molecule has 0 radical (unpaired) electrons. The first-order chi connectivity index (χ1) is 12.8. The van der Waals surface area contributed by atoms with Gasteiger partial charge in [-0.2, -0.15) is 0 Å². The van der Waals surface area contributed by atoms with Crippen molar-refractivity contribution in [3.05, 3.63) is 58.9 Å². The molecule has 0 saturated carbocycles. The Morgan fingerprint density at radius 1 is 1.19 bits per heavy atom. The molecule has 4 heteroatoms. The summed E-state index contributed by atoms with van der Waals surface area (Å²) in [4.78, 5) is 2.34. The number of rotatable bonds is 7. The zero-order valence-electron chi connectivity index (χ0n) is 16.8. The maximum atomic E-state index is 14.1. The van der Waals surface area contributed by atoms with Gasteiger partial charge in [-0.25, -0.2) is 4.39 Å². The van der Waals surface area contributed by atoms with Crippen LogP contribution in [0.5, 0.6) is 11.5 Å². The van der Waals surface area contributed by atoms with E-state index in [4.69, 9.17) is 4.74 Å². The van der Waals surface area contributed by atoms with Crippen molar-refractivity contribution in [2.45, 2.75) is 59.2 Å². The zero-order valence-corrected chi connectivity index (χ0v) is 16.8. The van der Waals surface area contributed by atoms with Crippen molar-refractivity contribution in [1.29, 1.82) is 0 Å². The summed E-state index contributed by atoms with van der Waals surface area (Å²) in [6.45, 7) is 10.6. The van der Waals surface area contributed by atoms with Crippen LogP contribution in [-0.4, -0.2) is 22.2 Å². The topological polar surface area (TPSA) is 32.7 Å². The summed E-state index contributed by atoms with van der Waals surface area (Å²) >= 11 is 0. The quantitative estimate of drug-likeness (QED) is 0.717. The predicted molar refractivity (Wildman–Crippen MR) is 106 cm³/mol. The highest BCUT2D eigenvalue weighted by atomic mass is 19.1. The monoisotopic (exact) mass is 371 g/mol. The van der Waals surface area contributed by atoms with Crippen LogP contribution >= 0.6 is 0 Å². The Kier molecular flexibility index (Phi) is 5.75. The summed E-state index contributed by atoms with van der Waals surface area (Å²) in [5.41, 5.74) is 3.02. The van der Waals surface area contributed by atoms with Crippen LogP contribution in [0.2, 0.25) is 0 Å². The van der Waals surface area contributed by atoms with Crippen LogP contribution < -0.4 is 4.74 Å². The predicted octanol–water partition coefficient (Wildman–Crippen LogP) is 5.29. The van der Waals surface area contributed by atoms with E-state index in [0.29, 0.717) is 24.8 Å². The summed E-state index contributed by atoms with van der Waals surface area (Å²) in [5.74, 6) is 1.04. The highest BCUT2D eigenvalue weighted by Crippen LogP contribution is 2.34. The first-order valence-electron chi connectivity index (χ1n) is 9.72. The van der Waals surface area contributed by atoms with Crippen molar-refractivity contribution in [3.8, 4) is 11.5 Å². The Balaban J connectivity index is 1.64. The molecule has 0 fully saturated rings. The van der Waals surface area contributed by atoms with E-state index in [1.165, 1.54) is 0 Å². The molecule has 0 unspecified atom stereocenters. The highest BCUT2D eigenvalue weighted by molar-refractivity contribution is 5.42. The number of phenolic OH excluding ortho intramolecular Hbond substituents is 1. The van der Waals surface area contributed by atoms with Crippen molar-refractivity contribution in [2.24, 2.45) is 5.92 Å². The first-order valence-corrected chi connectivity index (χ1v) is 9.72. The first kappa shape index (κ1) is 19.7. The number of ether oxygens (including phenoxy) is 1. The summed E-state index contributed by atoms with van der Waals surface area (Å²) < 4.78 is 19.8. The third-order valence-corrected chi connectivity index (χ3v) is 5.40.